The minimum atomic E-state index is -3.64. The minimum Gasteiger partial charge on any atom is -0.492 e. The van der Waals surface area contributed by atoms with E-state index >= 15 is 0 Å². The van der Waals surface area contributed by atoms with Gasteiger partial charge in [0.25, 0.3) is 5.91 Å². The monoisotopic (exact) mass is 436 g/mol. The van der Waals surface area contributed by atoms with Crippen LogP contribution >= 0.6 is 11.6 Å². The van der Waals surface area contributed by atoms with Crippen molar-refractivity contribution in [2.24, 2.45) is 0 Å². The quantitative estimate of drug-likeness (QED) is 0.720. The molecule has 0 bridgehead atoms. The molecule has 156 valence electrons. The number of hydrogen-bond donors (Lipinski definition) is 1. The van der Waals surface area contributed by atoms with Gasteiger partial charge in [-0.2, -0.15) is 4.31 Å². The zero-order valence-corrected chi connectivity index (χ0v) is 17.9. The Labute approximate surface area is 176 Å². The highest BCUT2D eigenvalue weighted by Gasteiger charge is 2.26. The van der Waals surface area contributed by atoms with Gasteiger partial charge in [-0.1, -0.05) is 24.4 Å². The van der Waals surface area contributed by atoms with Crippen LogP contribution in [0.5, 0.6) is 5.75 Å². The van der Waals surface area contributed by atoms with Crippen molar-refractivity contribution < 1.29 is 17.9 Å². The van der Waals surface area contributed by atoms with Crippen LogP contribution in [0.25, 0.3) is 0 Å². The fourth-order valence-corrected chi connectivity index (χ4v) is 4.95. The molecule has 1 N–H and O–H groups in total. The highest BCUT2D eigenvalue weighted by atomic mass is 35.5. The molecule has 8 heteroatoms. The molecule has 6 nitrogen and oxygen atoms in total. The van der Waals surface area contributed by atoms with E-state index in [-0.39, 0.29) is 10.8 Å². The van der Waals surface area contributed by atoms with Crippen LogP contribution in [0, 0.1) is 0 Å². The van der Waals surface area contributed by atoms with Gasteiger partial charge in [-0.25, -0.2) is 8.42 Å². The van der Waals surface area contributed by atoms with E-state index in [1.54, 1.807) is 30.3 Å². The third kappa shape index (κ3) is 5.29. The van der Waals surface area contributed by atoms with Gasteiger partial charge in [-0.3, -0.25) is 4.79 Å². The molecule has 0 aliphatic carbocycles. The smallest absolute Gasteiger partial charge is 0.255 e. The molecule has 0 unspecified atom stereocenters. The van der Waals surface area contributed by atoms with Gasteiger partial charge in [-0.15, -0.1) is 0 Å². The van der Waals surface area contributed by atoms with Crippen molar-refractivity contribution in [1.82, 2.24) is 4.31 Å². The maximum absolute atomic E-state index is 13.1. The van der Waals surface area contributed by atoms with Crippen molar-refractivity contribution in [3.63, 3.8) is 0 Å². The number of rotatable bonds is 6. The Balaban J connectivity index is 1.90. The number of amides is 1. The Morgan fingerprint density at radius 1 is 1.07 bits per heavy atom. The lowest BCUT2D eigenvalue weighted by Gasteiger charge is -2.21. The maximum Gasteiger partial charge on any atom is 0.255 e. The SMILES string of the molecule is CCOc1ccc(S(=O)(=O)N2CCCCCC2)cc1NC(=O)c1ccc(Cl)cc1. The molecule has 0 saturated carbocycles. The van der Waals surface area contributed by atoms with Gasteiger partial charge >= 0.3 is 0 Å². The Morgan fingerprint density at radius 2 is 1.72 bits per heavy atom. The van der Waals surface area contributed by atoms with Crippen LogP contribution in [0.3, 0.4) is 0 Å². The predicted molar refractivity (Wildman–Crippen MR) is 114 cm³/mol. The van der Waals surface area contributed by atoms with Crippen molar-refractivity contribution in [1.29, 1.82) is 0 Å². The molecule has 0 radical (unpaired) electrons. The lowest BCUT2D eigenvalue weighted by molar-refractivity contribution is 0.102. The summed E-state index contributed by atoms with van der Waals surface area (Å²) in [7, 11) is -3.64. The Bertz CT molecular complexity index is 953. The summed E-state index contributed by atoms with van der Waals surface area (Å²) < 4.78 is 33.3. The molecule has 2 aromatic carbocycles. The Morgan fingerprint density at radius 3 is 2.34 bits per heavy atom. The summed E-state index contributed by atoms with van der Waals surface area (Å²) in [6.07, 6.45) is 3.79. The summed E-state index contributed by atoms with van der Waals surface area (Å²) in [5, 5.41) is 3.30. The molecule has 0 aromatic heterocycles. The van der Waals surface area contributed by atoms with Crippen molar-refractivity contribution >= 4 is 33.2 Å². The van der Waals surface area contributed by atoms with E-state index in [1.807, 2.05) is 6.92 Å². The number of ether oxygens (including phenoxy) is 1. The van der Waals surface area contributed by atoms with Crippen LogP contribution in [0.2, 0.25) is 5.02 Å². The number of hydrogen-bond acceptors (Lipinski definition) is 4. The van der Waals surface area contributed by atoms with Crippen molar-refractivity contribution in [3.8, 4) is 5.75 Å². The molecular weight excluding hydrogens is 412 g/mol. The highest BCUT2D eigenvalue weighted by Crippen LogP contribution is 2.30. The van der Waals surface area contributed by atoms with Gasteiger partial charge in [0, 0.05) is 23.7 Å². The minimum absolute atomic E-state index is 0.147. The van der Waals surface area contributed by atoms with Gasteiger partial charge < -0.3 is 10.1 Å². The Hall–Kier alpha value is -2.09. The van der Waals surface area contributed by atoms with Crippen LogP contribution in [-0.2, 0) is 10.0 Å². The zero-order valence-electron chi connectivity index (χ0n) is 16.4. The summed E-state index contributed by atoms with van der Waals surface area (Å²) in [5.41, 5.74) is 0.736. The second-order valence-corrected chi connectivity index (χ2v) is 9.24. The number of nitrogens with zero attached hydrogens (tertiary/aromatic N) is 1. The van der Waals surface area contributed by atoms with E-state index in [0.717, 1.165) is 25.7 Å². The van der Waals surface area contributed by atoms with E-state index in [0.29, 0.717) is 41.7 Å². The fraction of sp³-hybridized carbons (Fsp3) is 0.381. The number of benzene rings is 2. The normalized spacial score (nSPS) is 15.5. The number of carbonyl (C=O) groups is 1. The van der Waals surface area contributed by atoms with Crippen LogP contribution in [0.4, 0.5) is 5.69 Å². The summed E-state index contributed by atoms with van der Waals surface area (Å²) in [5.74, 6) is 0.0524. The number of sulfonamides is 1. The van der Waals surface area contributed by atoms with Gasteiger partial charge in [0.05, 0.1) is 17.2 Å². The van der Waals surface area contributed by atoms with Crippen LogP contribution < -0.4 is 10.1 Å². The summed E-state index contributed by atoms with van der Waals surface area (Å²) >= 11 is 5.88. The molecule has 0 atom stereocenters. The van der Waals surface area contributed by atoms with Gasteiger partial charge in [0.2, 0.25) is 10.0 Å². The maximum atomic E-state index is 13.1. The molecular formula is C21H25ClN2O4S. The molecule has 1 aliphatic heterocycles. The second-order valence-electron chi connectivity index (χ2n) is 6.87. The van der Waals surface area contributed by atoms with Crippen molar-refractivity contribution in [2.45, 2.75) is 37.5 Å². The third-order valence-corrected chi connectivity index (χ3v) is 6.95. The summed E-state index contributed by atoms with van der Waals surface area (Å²) in [6, 6.07) is 11.1. The van der Waals surface area contributed by atoms with Gasteiger partial charge in [0.1, 0.15) is 5.75 Å². The largest absolute Gasteiger partial charge is 0.492 e. The van der Waals surface area contributed by atoms with E-state index < -0.39 is 10.0 Å². The zero-order chi connectivity index (χ0) is 20.9. The lowest BCUT2D eigenvalue weighted by Crippen LogP contribution is -2.32. The molecule has 2 aromatic rings. The lowest BCUT2D eigenvalue weighted by atomic mass is 10.2. The molecule has 1 amide bonds. The van der Waals surface area contributed by atoms with Crippen LogP contribution in [-0.4, -0.2) is 38.3 Å². The summed E-state index contributed by atoms with van der Waals surface area (Å²) in [6.45, 7) is 3.25. The average molecular weight is 437 g/mol. The van der Waals surface area contributed by atoms with E-state index in [4.69, 9.17) is 16.3 Å². The number of carbonyl (C=O) groups excluding carboxylic acids is 1. The topological polar surface area (TPSA) is 75.7 Å². The van der Waals surface area contributed by atoms with Gasteiger partial charge in [0.15, 0.2) is 0 Å². The van der Waals surface area contributed by atoms with Crippen molar-refractivity contribution in [3.05, 3.63) is 53.1 Å². The molecule has 1 fully saturated rings. The first-order chi connectivity index (χ1) is 13.9. The first-order valence-corrected chi connectivity index (χ1v) is 11.6. The average Bonchev–Trinajstić information content (AvgIpc) is 3.00. The van der Waals surface area contributed by atoms with Crippen LogP contribution in [0.15, 0.2) is 47.4 Å². The fourth-order valence-electron chi connectivity index (χ4n) is 3.28. The molecule has 0 spiro atoms. The standard InChI is InChI=1S/C21H25ClN2O4S/c1-2-28-20-12-11-18(29(26,27)24-13-5-3-4-6-14-24)15-19(20)23-21(25)16-7-9-17(22)10-8-16/h7-12,15H,2-6,13-14H2,1H3,(H,23,25). The predicted octanol–water partition coefficient (Wildman–Crippen LogP) is 4.56. The van der Waals surface area contributed by atoms with E-state index in [9.17, 15) is 13.2 Å². The first-order valence-electron chi connectivity index (χ1n) is 9.75. The number of anilines is 1. The van der Waals surface area contributed by atoms with Crippen molar-refractivity contribution in [2.75, 3.05) is 25.0 Å². The third-order valence-electron chi connectivity index (χ3n) is 4.81. The molecule has 3 rings (SSSR count). The number of nitrogens with one attached hydrogen (secondary N) is 1. The second kappa shape index (κ2) is 9.61. The Kier molecular flexibility index (Phi) is 7.16. The number of halogens is 1. The molecule has 1 heterocycles. The van der Waals surface area contributed by atoms with Gasteiger partial charge in [-0.05, 0) is 62.2 Å². The van der Waals surface area contributed by atoms with E-state index in [2.05, 4.69) is 5.32 Å². The molecule has 29 heavy (non-hydrogen) atoms. The highest BCUT2D eigenvalue weighted by molar-refractivity contribution is 7.89. The molecule has 1 saturated heterocycles. The first kappa shape index (κ1) is 21.6. The molecule has 1 aliphatic rings. The summed E-state index contributed by atoms with van der Waals surface area (Å²) in [4.78, 5) is 12.8. The van der Waals surface area contributed by atoms with E-state index in [1.165, 1.54) is 16.4 Å². The van der Waals surface area contributed by atoms with Crippen LogP contribution in [0.1, 0.15) is 43.0 Å².